The topological polar surface area (TPSA) is 332 Å². The van der Waals surface area contributed by atoms with E-state index in [2.05, 4.69) is 41.9 Å². The minimum Gasteiger partial charge on any atom is -0.481 e. The number of hydrogen-bond donors (Lipinski definition) is 10. The third-order valence-corrected chi connectivity index (χ3v) is 11.6. The number of alkyl halides is 2. The van der Waals surface area contributed by atoms with Crippen LogP contribution in [-0.2, 0) is 43.2 Å². The van der Waals surface area contributed by atoms with Gasteiger partial charge in [-0.1, -0.05) is 92.8 Å². The number of hydrogen-bond acceptors (Lipinski definition) is 11. The van der Waals surface area contributed by atoms with E-state index in [0.717, 1.165) is 26.2 Å². The molecular weight excluding hydrogens is 923 g/mol. The lowest BCUT2D eigenvalue weighted by atomic mass is 9.84. The van der Waals surface area contributed by atoms with E-state index < -0.39 is 146 Å². The highest BCUT2D eigenvalue weighted by Gasteiger charge is 2.39. The van der Waals surface area contributed by atoms with Gasteiger partial charge in [-0.15, -0.1) is 0 Å². The number of carboxylic acids is 3. The number of H-pyrrole nitrogens is 1. The highest BCUT2D eigenvalue weighted by molar-refractivity contribution is 6.01. The van der Waals surface area contributed by atoms with Gasteiger partial charge in [0.25, 0.3) is 0 Å². The predicted molar refractivity (Wildman–Crippen MR) is 243 cm³/mol. The maximum Gasteiger partial charge on any atom is 0.305 e. The molecule has 6 amide bonds. The molecule has 0 aliphatic heterocycles. The summed E-state index contributed by atoms with van der Waals surface area (Å²) in [5.41, 5.74) is 0.844. The van der Waals surface area contributed by atoms with Crippen LogP contribution in [0.3, 0.4) is 0 Å². The maximum atomic E-state index is 14.9. The van der Waals surface area contributed by atoms with Crippen molar-refractivity contribution >= 4 is 59.1 Å². The molecule has 3 aromatic rings. The predicted octanol–water partition coefficient (Wildman–Crippen LogP) is 2.18. The molecule has 1 fully saturated rings. The molecule has 1 aliphatic carbocycles. The first-order valence-corrected chi connectivity index (χ1v) is 22.7. The number of halogens is 2. The van der Waals surface area contributed by atoms with E-state index in [-0.39, 0.29) is 18.2 Å². The lowest BCUT2D eigenvalue weighted by Gasteiger charge is -2.32. The molecule has 1 heterocycles. The van der Waals surface area contributed by atoms with E-state index >= 15 is 0 Å². The van der Waals surface area contributed by atoms with Crippen LogP contribution in [0.5, 0.6) is 0 Å². The van der Waals surface area contributed by atoms with Crippen molar-refractivity contribution in [2.75, 3.05) is 0 Å². The summed E-state index contributed by atoms with van der Waals surface area (Å²) in [5.74, 6) is -13.1. The minimum absolute atomic E-state index is 0.0189. The summed E-state index contributed by atoms with van der Waals surface area (Å²) in [5, 5.41) is 43.1. The van der Waals surface area contributed by atoms with Gasteiger partial charge in [-0.2, -0.15) is 0 Å². The number of nitrogens with zero attached hydrogens (tertiary/aromatic N) is 1. The normalized spacial score (nSPS) is 15.2. The van der Waals surface area contributed by atoms with Crippen LogP contribution in [0.4, 0.5) is 8.78 Å². The zero-order chi connectivity index (χ0) is 51.3. The summed E-state index contributed by atoms with van der Waals surface area (Å²) >= 11 is 0. The fourth-order valence-corrected chi connectivity index (χ4v) is 8.20. The zero-order valence-corrected chi connectivity index (χ0v) is 38.2. The number of carboxylic acid groups (broad SMARTS) is 3. The van der Waals surface area contributed by atoms with Crippen LogP contribution >= 0.6 is 0 Å². The first-order chi connectivity index (χ1) is 33.3. The van der Waals surface area contributed by atoms with Crippen molar-refractivity contribution in [2.24, 2.45) is 5.92 Å². The number of aliphatic carboxylic acids is 3. The summed E-state index contributed by atoms with van der Waals surface area (Å²) in [6.45, 7) is 1.02. The Kier molecular flexibility index (Phi) is 21.5. The molecule has 0 spiro atoms. The number of carbonyl (C=O) groups is 10. The number of benzene rings is 2. The van der Waals surface area contributed by atoms with E-state index in [1.807, 2.05) is 0 Å². The van der Waals surface area contributed by atoms with Crippen LogP contribution < -0.4 is 31.9 Å². The summed E-state index contributed by atoms with van der Waals surface area (Å²) in [4.78, 5) is 138. The molecule has 1 saturated carbocycles. The number of aromatic nitrogens is 2. The lowest BCUT2D eigenvalue weighted by Crippen LogP contribution is -2.61. The molecule has 70 heavy (non-hydrogen) atoms. The van der Waals surface area contributed by atoms with E-state index in [4.69, 9.17) is 0 Å². The smallest absolute Gasteiger partial charge is 0.305 e. The molecule has 21 nitrogen and oxygen atoms in total. The molecule has 6 atom stereocenters. The van der Waals surface area contributed by atoms with Gasteiger partial charge in [-0.05, 0) is 36.3 Å². The van der Waals surface area contributed by atoms with Crippen LogP contribution in [0.1, 0.15) is 112 Å². The first-order valence-electron chi connectivity index (χ1n) is 22.7. The largest absolute Gasteiger partial charge is 0.481 e. The number of ketones is 1. The molecule has 23 heteroatoms. The summed E-state index contributed by atoms with van der Waals surface area (Å²) in [7, 11) is 0. The van der Waals surface area contributed by atoms with Crippen molar-refractivity contribution in [3.63, 3.8) is 0 Å². The standard InChI is InChI=1S/C47H58F2N8O13/c1-26(58)52-34(25-38(63)64)46(69)53-31(18-20-37(61)62)44(67)57-40(39(28-13-7-3-8-14-28)29-15-9-4-10-16-29)47(70)54-30(17-19-36(59)60)43(66)56-33(23-27-11-5-2-6-12-27)45(68)55-32(24-35(48)49)41(65)42-50-21-22-51-42/h3-4,7-10,13-16,21-22,27,30-35,39-40H,2,5-6,11-12,17-20,23-25H2,1H3,(H,50,51)(H,52,58)(H,53,69)(H,54,70)(H,55,68)(H,56,66)(H,57,67)(H,59,60)(H,61,62)(H,63,64). The SMILES string of the molecule is CC(=O)NC(CC(=O)O)C(=O)NC(CCC(=O)O)C(=O)NC(C(=O)NC(CCC(=O)O)C(=O)NC(CC1CCCCC1)C(=O)NC(CC(F)F)C(=O)c1ncc[nH]1)C(c1ccccc1)c1ccccc1. The highest BCUT2D eigenvalue weighted by atomic mass is 19.3. The van der Waals surface area contributed by atoms with Crippen molar-refractivity contribution < 1.29 is 72.0 Å². The van der Waals surface area contributed by atoms with Crippen molar-refractivity contribution in [3.8, 4) is 0 Å². The summed E-state index contributed by atoms with van der Waals surface area (Å²) < 4.78 is 27.6. The third-order valence-electron chi connectivity index (χ3n) is 11.6. The van der Waals surface area contributed by atoms with Gasteiger partial charge >= 0.3 is 17.9 Å². The maximum absolute atomic E-state index is 14.9. The van der Waals surface area contributed by atoms with Gasteiger partial charge in [0.15, 0.2) is 5.82 Å². The fraction of sp³-hybridized carbons (Fsp3) is 0.468. The van der Waals surface area contributed by atoms with E-state index in [9.17, 15) is 72.0 Å². The summed E-state index contributed by atoms with van der Waals surface area (Å²) in [6.07, 6.45) is -1.37. The van der Waals surface area contributed by atoms with Crippen molar-refractivity contribution in [1.29, 1.82) is 0 Å². The molecule has 6 unspecified atom stereocenters. The molecule has 2 aromatic carbocycles. The molecule has 378 valence electrons. The second kappa shape index (κ2) is 27.4. The van der Waals surface area contributed by atoms with Crippen molar-refractivity contribution in [1.82, 2.24) is 41.9 Å². The molecule has 0 radical (unpaired) electrons. The number of imidazole rings is 1. The Hall–Kier alpha value is -7.59. The molecular formula is C47H58F2N8O13. The number of nitrogens with one attached hydrogen (secondary N) is 7. The quantitative estimate of drug-likeness (QED) is 0.0467. The molecule has 0 bridgehead atoms. The minimum atomic E-state index is -3.04. The molecule has 10 N–H and O–H groups in total. The molecule has 1 aromatic heterocycles. The molecule has 0 saturated heterocycles. The van der Waals surface area contributed by atoms with Crippen LogP contribution in [-0.4, -0.2) is 127 Å². The monoisotopic (exact) mass is 980 g/mol. The molecule has 1 aliphatic rings. The second-order valence-corrected chi connectivity index (χ2v) is 16.9. The van der Waals surface area contributed by atoms with Gasteiger partial charge < -0.3 is 52.2 Å². The highest BCUT2D eigenvalue weighted by Crippen LogP contribution is 2.30. The van der Waals surface area contributed by atoms with Gasteiger partial charge in [-0.25, -0.2) is 13.8 Å². The number of aromatic amines is 1. The number of Topliss-reactive ketones (excluding diaryl/α,β-unsaturated/α-hetero) is 1. The fourth-order valence-electron chi connectivity index (χ4n) is 8.20. The number of rotatable bonds is 28. The average Bonchev–Trinajstić information content (AvgIpc) is 3.86. The van der Waals surface area contributed by atoms with Gasteiger partial charge in [0.2, 0.25) is 47.7 Å². The second-order valence-electron chi connectivity index (χ2n) is 16.9. The van der Waals surface area contributed by atoms with Crippen LogP contribution in [0.2, 0.25) is 0 Å². The van der Waals surface area contributed by atoms with Crippen LogP contribution in [0.25, 0.3) is 0 Å². The number of amides is 6. The van der Waals surface area contributed by atoms with E-state index in [0.29, 0.717) is 24.0 Å². The zero-order valence-electron chi connectivity index (χ0n) is 38.2. The van der Waals surface area contributed by atoms with Gasteiger partial charge in [-0.3, -0.25) is 47.9 Å². The lowest BCUT2D eigenvalue weighted by molar-refractivity contribution is -0.141. The Morgan fingerprint density at radius 2 is 1.10 bits per heavy atom. The van der Waals surface area contributed by atoms with Crippen molar-refractivity contribution in [2.45, 2.75) is 133 Å². The third kappa shape index (κ3) is 17.8. The van der Waals surface area contributed by atoms with E-state index in [1.54, 1.807) is 60.7 Å². The first kappa shape index (κ1) is 55.0. The Morgan fingerprint density at radius 3 is 1.59 bits per heavy atom. The van der Waals surface area contributed by atoms with Crippen molar-refractivity contribution in [3.05, 3.63) is 90.0 Å². The van der Waals surface area contributed by atoms with Crippen LogP contribution in [0, 0.1) is 5.92 Å². The Labute approximate surface area is 400 Å². The van der Waals surface area contributed by atoms with Crippen LogP contribution in [0.15, 0.2) is 73.1 Å². The van der Waals surface area contributed by atoms with Gasteiger partial charge in [0.05, 0.1) is 6.42 Å². The Bertz CT molecular complexity index is 2230. The molecule has 4 rings (SSSR count). The Morgan fingerprint density at radius 1 is 0.614 bits per heavy atom. The number of carbonyl (C=O) groups excluding carboxylic acids is 7. The summed E-state index contributed by atoms with van der Waals surface area (Å²) in [6, 6.07) is 6.14. The van der Waals surface area contributed by atoms with Gasteiger partial charge in [0, 0.05) is 44.5 Å². The average molecular weight is 981 g/mol. The Balaban J connectivity index is 1.75. The van der Waals surface area contributed by atoms with E-state index in [1.165, 1.54) is 12.4 Å². The van der Waals surface area contributed by atoms with Gasteiger partial charge in [0.1, 0.15) is 36.3 Å².